The van der Waals surface area contributed by atoms with Crippen LogP contribution in [0.2, 0.25) is 10.0 Å². The highest BCUT2D eigenvalue weighted by Gasteiger charge is 2.25. The third-order valence-electron chi connectivity index (χ3n) is 5.24. The van der Waals surface area contributed by atoms with Gasteiger partial charge in [-0.05, 0) is 49.2 Å². The molecule has 0 fully saturated rings. The maximum atomic E-state index is 13.1. The van der Waals surface area contributed by atoms with Crippen LogP contribution in [-0.2, 0) is 16.0 Å². The normalized spacial score (nSPS) is 12.5. The van der Waals surface area contributed by atoms with Crippen molar-refractivity contribution in [2.24, 2.45) is 5.10 Å². The monoisotopic (exact) mass is 541 g/mol. The number of hydrazone groups is 1. The molecule has 194 valence electrons. The van der Waals surface area contributed by atoms with Crippen LogP contribution in [-0.4, -0.2) is 36.8 Å². The summed E-state index contributed by atoms with van der Waals surface area (Å²) in [4.78, 5) is 26.0. The second kappa shape index (κ2) is 14.3. The summed E-state index contributed by atoms with van der Waals surface area (Å²) >= 11 is 12.1. The van der Waals surface area contributed by atoms with Gasteiger partial charge in [0.2, 0.25) is 0 Å². The first-order valence-corrected chi connectivity index (χ1v) is 12.6. The van der Waals surface area contributed by atoms with Gasteiger partial charge in [0, 0.05) is 17.0 Å². The number of nitrogens with one attached hydrogen (secondary N) is 2. The molecule has 0 aliphatic carbocycles. The molecule has 0 spiro atoms. The second-order valence-electron chi connectivity index (χ2n) is 8.21. The molecule has 2 N–H and O–H groups in total. The van der Waals surface area contributed by atoms with E-state index in [2.05, 4.69) is 15.8 Å². The molecule has 3 aromatic carbocycles. The Labute approximate surface area is 226 Å². The number of ether oxygens (including phenoxy) is 2. The van der Waals surface area contributed by atoms with Gasteiger partial charge >= 0.3 is 0 Å². The molecule has 0 heterocycles. The molecule has 0 aliphatic rings. The van der Waals surface area contributed by atoms with Crippen LogP contribution in [0.15, 0.2) is 77.9 Å². The lowest BCUT2D eigenvalue weighted by Gasteiger charge is -2.21. The Morgan fingerprint density at radius 3 is 2.43 bits per heavy atom. The smallest absolute Gasteiger partial charge is 0.262 e. The summed E-state index contributed by atoms with van der Waals surface area (Å²) in [6.07, 6.45) is 1.72. The molecule has 0 aliphatic heterocycles. The summed E-state index contributed by atoms with van der Waals surface area (Å²) in [5.41, 5.74) is 4.13. The van der Waals surface area contributed by atoms with Crippen LogP contribution in [0.3, 0.4) is 0 Å². The van der Waals surface area contributed by atoms with Crippen LogP contribution in [0.4, 0.5) is 0 Å². The first-order valence-electron chi connectivity index (χ1n) is 11.9. The van der Waals surface area contributed by atoms with E-state index in [1.165, 1.54) is 12.3 Å². The lowest BCUT2D eigenvalue weighted by molar-refractivity contribution is -0.132. The number of rotatable bonds is 12. The van der Waals surface area contributed by atoms with Crippen LogP contribution < -0.4 is 20.2 Å². The Balaban J connectivity index is 1.69. The van der Waals surface area contributed by atoms with E-state index in [1.54, 1.807) is 19.1 Å². The van der Waals surface area contributed by atoms with Gasteiger partial charge in [-0.2, -0.15) is 5.10 Å². The molecule has 3 rings (SSSR count). The number of para-hydroxylation sites is 1. The van der Waals surface area contributed by atoms with Crippen molar-refractivity contribution in [1.29, 1.82) is 0 Å². The predicted molar refractivity (Wildman–Crippen MR) is 147 cm³/mol. The predicted octanol–water partition coefficient (Wildman–Crippen LogP) is 5.43. The lowest BCUT2D eigenvalue weighted by Crippen LogP contribution is -2.50. The number of carbonyl (C=O) groups is 2. The topological polar surface area (TPSA) is 89.0 Å². The van der Waals surface area contributed by atoms with Gasteiger partial charge in [0.05, 0.1) is 17.8 Å². The molecule has 0 aromatic heterocycles. The minimum absolute atomic E-state index is 0.262. The molecule has 0 unspecified atom stereocenters. The maximum absolute atomic E-state index is 13.1. The number of benzene rings is 3. The van der Waals surface area contributed by atoms with E-state index in [4.69, 9.17) is 32.7 Å². The van der Waals surface area contributed by atoms with E-state index in [-0.39, 0.29) is 11.4 Å². The second-order valence-corrected chi connectivity index (χ2v) is 9.05. The number of hydrogen-bond acceptors (Lipinski definition) is 5. The molecule has 0 radical (unpaired) electrons. The van der Waals surface area contributed by atoms with Gasteiger partial charge in [-0.1, -0.05) is 72.6 Å². The number of nitrogens with zero attached hydrogens (tertiary/aromatic N) is 1. The molecule has 0 saturated heterocycles. The van der Waals surface area contributed by atoms with E-state index in [0.29, 0.717) is 23.1 Å². The average Bonchev–Trinajstić information content (AvgIpc) is 2.89. The van der Waals surface area contributed by atoms with Crippen molar-refractivity contribution in [2.45, 2.75) is 38.8 Å². The zero-order chi connectivity index (χ0) is 26.6. The third-order valence-corrected chi connectivity index (χ3v) is 5.77. The summed E-state index contributed by atoms with van der Waals surface area (Å²) in [5.74, 6) is 0.0242. The zero-order valence-corrected chi connectivity index (χ0v) is 22.1. The summed E-state index contributed by atoms with van der Waals surface area (Å²) in [5, 5.41) is 7.59. The molecule has 0 saturated carbocycles. The summed E-state index contributed by atoms with van der Waals surface area (Å²) < 4.78 is 11.4. The van der Waals surface area contributed by atoms with E-state index < -0.39 is 24.0 Å². The van der Waals surface area contributed by atoms with Crippen LogP contribution in [0.5, 0.6) is 11.5 Å². The highest BCUT2D eigenvalue weighted by Crippen LogP contribution is 2.28. The summed E-state index contributed by atoms with van der Waals surface area (Å²) in [6.45, 7) is 4.17. The van der Waals surface area contributed by atoms with Crippen molar-refractivity contribution in [1.82, 2.24) is 10.7 Å². The Morgan fingerprint density at radius 1 is 0.973 bits per heavy atom. The van der Waals surface area contributed by atoms with Gasteiger partial charge in [-0.15, -0.1) is 0 Å². The van der Waals surface area contributed by atoms with Crippen molar-refractivity contribution in [3.63, 3.8) is 0 Å². The first kappa shape index (κ1) is 28.0. The van der Waals surface area contributed by atoms with E-state index in [0.717, 1.165) is 17.5 Å². The number of hydrogen-bond donors (Lipinski definition) is 2. The summed E-state index contributed by atoms with van der Waals surface area (Å²) in [7, 11) is 0. The van der Waals surface area contributed by atoms with Gasteiger partial charge in [-0.3, -0.25) is 9.59 Å². The Morgan fingerprint density at radius 2 is 1.70 bits per heavy atom. The fraction of sp³-hybridized carbons (Fsp3) is 0.250. The molecule has 9 heteroatoms. The van der Waals surface area contributed by atoms with E-state index in [1.807, 2.05) is 61.5 Å². The van der Waals surface area contributed by atoms with Gasteiger partial charge in [0.15, 0.2) is 6.10 Å². The van der Waals surface area contributed by atoms with Crippen molar-refractivity contribution in [3.05, 3.63) is 94.0 Å². The van der Waals surface area contributed by atoms with Gasteiger partial charge in [0.25, 0.3) is 11.8 Å². The molecule has 2 atom stereocenters. The summed E-state index contributed by atoms with van der Waals surface area (Å²) in [6, 6.07) is 20.6. The van der Waals surface area contributed by atoms with Gasteiger partial charge < -0.3 is 14.8 Å². The van der Waals surface area contributed by atoms with Crippen LogP contribution in [0, 0.1) is 0 Å². The molecular formula is C28H29Cl2N3O4. The van der Waals surface area contributed by atoms with E-state index in [9.17, 15) is 9.59 Å². The Kier molecular flexibility index (Phi) is 10.8. The molecule has 2 amide bonds. The highest BCUT2D eigenvalue weighted by atomic mass is 35.5. The van der Waals surface area contributed by atoms with Crippen molar-refractivity contribution < 1.29 is 19.1 Å². The SMILES string of the molecule is CCCOc1ccccc1/C=N\NC(=O)[C@@H](Cc1ccccc1)NC(=O)[C@@H](C)Oc1ccc(Cl)cc1Cl. The minimum Gasteiger partial charge on any atom is -0.493 e. The number of halogens is 2. The van der Waals surface area contributed by atoms with Crippen molar-refractivity contribution in [2.75, 3.05) is 6.61 Å². The lowest BCUT2D eigenvalue weighted by atomic mass is 10.1. The molecule has 7 nitrogen and oxygen atoms in total. The largest absolute Gasteiger partial charge is 0.493 e. The first-order chi connectivity index (χ1) is 17.9. The Bertz CT molecular complexity index is 1220. The fourth-order valence-electron chi connectivity index (χ4n) is 3.34. The van der Waals surface area contributed by atoms with Crippen LogP contribution in [0.1, 0.15) is 31.4 Å². The molecule has 3 aromatic rings. The van der Waals surface area contributed by atoms with Gasteiger partial charge in [0.1, 0.15) is 17.5 Å². The average molecular weight is 542 g/mol. The van der Waals surface area contributed by atoms with E-state index >= 15 is 0 Å². The van der Waals surface area contributed by atoms with Gasteiger partial charge in [-0.25, -0.2) is 5.43 Å². The zero-order valence-electron chi connectivity index (χ0n) is 20.6. The Hall–Kier alpha value is -3.55. The quantitative estimate of drug-likeness (QED) is 0.236. The minimum atomic E-state index is -0.921. The number of carbonyl (C=O) groups excluding carboxylic acids is 2. The molecular weight excluding hydrogens is 513 g/mol. The van der Waals surface area contributed by atoms with Crippen molar-refractivity contribution in [3.8, 4) is 11.5 Å². The maximum Gasteiger partial charge on any atom is 0.262 e. The molecule has 37 heavy (non-hydrogen) atoms. The number of amides is 2. The van der Waals surface area contributed by atoms with Crippen molar-refractivity contribution >= 4 is 41.2 Å². The van der Waals surface area contributed by atoms with Crippen LogP contribution in [0.25, 0.3) is 0 Å². The fourth-order valence-corrected chi connectivity index (χ4v) is 3.79. The highest BCUT2D eigenvalue weighted by molar-refractivity contribution is 6.35. The molecule has 0 bridgehead atoms. The standard InChI is InChI=1S/C28H29Cl2N3O4/c1-3-15-36-25-12-8-7-11-21(25)18-31-33-28(35)24(16-20-9-5-4-6-10-20)32-27(34)19(2)37-26-14-13-22(29)17-23(26)30/h4-14,17-19,24H,3,15-16H2,1-2H3,(H,32,34)(H,33,35)/b31-18-/t19-,24-/m1/s1. The van der Waals surface area contributed by atoms with Crippen LogP contribution >= 0.6 is 23.2 Å². The third kappa shape index (κ3) is 8.81.